The molecule has 4 aromatic rings. The molecular formula is C25H21Cl2FN6O2. The molecule has 2 heterocycles. The summed E-state index contributed by atoms with van der Waals surface area (Å²) in [5.74, 6) is -1.21. The first-order valence-electron chi connectivity index (χ1n) is 10.9. The molecule has 4 N–H and O–H groups in total. The smallest absolute Gasteiger partial charge is 0.271 e. The van der Waals surface area contributed by atoms with Gasteiger partial charge in [-0.15, -0.1) is 0 Å². The molecule has 2 aromatic heterocycles. The number of nitrogens with one attached hydrogen (secondary N) is 2. The van der Waals surface area contributed by atoms with E-state index in [1.165, 1.54) is 35.0 Å². The van der Waals surface area contributed by atoms with Crippen LogP contribution in [0, 0.1) is 5.82 Å². The Labute approximate surface area is 216 Å². The highest BCUT2D eigenvalue weighted by Gasteiger charge is 2.20. The van der Waals surface area contributed by atoms with E-state index in [0.29, 0.717) is 36.5 Å². The van der Waals surface area contributed by atoms with Crippen molar-refractivity contribution < 1.29 is 14.0 Å². The first kappa shape index (κ1) is 25.3. The topological polar surface area (TPSA) is 115 Å². The van der Waals surface area contributed by atoms with Crippen LogP contribution in [0.1, 0.15) is 27.3 Å². The zero-order chi connectivity index (χ0) is 25.7. The van der Waals surface area contributed by atoms with Gasteiger partial charge in [-0.25, -0.2) is 9.07 Å². The molecule has 4 rings (SSSR count). The van der Waals surface area contributed by atoms with Gasteiger partial charge in [-0.2, -0.15) is 5.10 Å². The van der Waals surface area contributed by atoms with Crippen molar-refractivity contribution in [1.82, 2.24) is 20.1 Å². The minimum Gasteiger partial charge on any atom is -0.351 e. The lowest BCUT2D eigenvalue weighted by atomic mass is 10.1. The SMILES string of the molecule is NCCCNC(=O)c1cc(NC(=O)c2cc(-c3ccc(F)cn3)c(Cl)cc2Cl)n(-c2ccccc2)n1. The Morgan fingerprint density at radius 3 is 2.47 bits per heavy atom. The predicted molar refractivity (Wildman–Crippen MR) is 137 cm³/mol. The summed E-state index contributed by atoms with van der Waals surface area (Å²) >= 11 is 12.7. The van der Waals surface area contributed by atoms with Crippen LogP contribution in [0.15, 0.2) is 66.9 Å². The van der Waals surface area contributed by atoms with Gasteiger partial charge in [0, 0.05) is 18.2 Å². The van der Waals surface area contributed by atoms with Crippen LogP contribution >= 0.6 is 23.2 Å². The van der Waals surface area contributed by atoms with Crippen molar-refractivity contribution in [3.05, 3.63) is 94.0 Å². The van der Waals surface area contributed by atoms with Crippen molar-refractivity contribution in [2.75, 3.05) is 18.4 Å². The lowest BCUT2D eigenvalue weighted by Gasteiger charge is -2.12. The van der Waals surface area contributed by atoms with Crippen LogP contribution in [-0.4, -0.2) is 39.7 Å². The Hall–Kier alpha value is -3.79. The summed E-state index contributed by atoms with van der Waals surface area (Å²) in [5, 5.41) is 10.2. The van der Waals surface area contributed by atoms with E-state index in [1.807, 2.05) is 18.2 Å². The van der Waals surface area contributed by atoms with Crippen LogP contribution < -0.4 is 16.4 Å². The van der Waals surface area contributed by atoms with Gasteiger partial charge in [0.25, 0.3) is 11.8 Å². The number of aromatic nitrogens is 3. The fourth-order valence-electron chi connectivity index (χ4n) is 3.38. The number of carbonyl (C=O) groups is 2. The van der Waals surface area contributed by atoms with E-state index in [9.17, 15) is 14.0 Å². The Bertz CT molecular complexity index is 1390. The molecule has 2 amide bonds. The van der Waals surface area contributed by atoms with Crippen molar-refractivity contribution >= 4 is 40.8 Å². The molecule has 0 aliphatic heterocycles. The highest BCUT2D eigenvalue weighted by molar-refractivity contribution is 6.38. The third kappa shape index (κ3) is 5.71. The number of nitrogens with two attached hydrogens (primary N) is 1. The molecular weight excluding hydrogens is 506 g/mol. The van der Waals surface area contributed by atoms with Gasteiger partial charge in [0.15, 0.2) is 5.69 Å². The van der Waals surface area contributed by atoms with E-state index in [1.54, 1.807) is 12.1 Å². The van der Waals surface area contributed by atoms with Crippen LogP contribution in [0.2, 0.25) is 10.0 Å². The Morgan fingerprint density at radius 2 is 1.78 bits per heavy atom. The molecule has 0 unspecified atom stereocenters. The van der Waals surface area contributed by atoms with E-state index < -0.39 is 17.6 Å². The highest BCUT2D eigenvalue weighted by atomic mass is 35.5. The number of hydrogen-bond donors (Lipinski definition) is 3. The summed E-state index contributed by atoms with van der Waals surface area (Å²) in [4.78, 5) is 29.9. The second kappa shape index (κ2) is 11.3. The van der Waals surface area contributed by atoms with Crippen LogP contribution in [0.25, 0.3) is 16.9 Å². The first-order valence-corrected chi connectivity index (χ1v) is 11.7. The van der Waals surface area contributed by atoms with E-state index in [0.717, 1.165) is 6.20 Å². The largest absolute Gasteiger partial charge is 0.351 e. The van der Waals surface area contributed by atoms with Crippen LogP contribution in [-0.2, 0) is 0 Å². The number of amides is 2. The fraction of sp³-hybridized carbons (Fsp3) is 0.120. The number of halogens is 3. The van der Waals surface area contributed by atoms with Gasteiger partial charge >= 0.3 is 0 Å². The summed E-state index contributed by atoms with van der Waals surface area (Å²) in [6.07, 6.45) is 1.67. The second-order valence-electron chi connectivity index (χ2n) is 7.69. The molecule has 0 saturated carbocycles. The van der Waals surface area contributed by atoms with Crippen LogP contribution in [0.3, 0.4) is 0 Å². The zero-order valence-corrected chi connectivity index (χ0v) is 20.4. The van der Waals surface area contributed by atoms with Gasteiger partial charge < -0.3 is 16.4 Å². The first-order chi connectivity index (χ1) is 17.4. The summed E-state index contributed by atoms with van der Waals surface area (Å²) < 4.78 is 14.8. The maximum absolute atomic E-state index is 13.3. The normalized spacial score (nSPS) is 10.8. The minimum absolute atomic E-state index is 0.105. The summed E-state index contributed by atoms with van der Waals surface area (Å²) in [6.45, 7) is 0.840. The standard InChI is InChI=1S/C25H21Cl2FN6O2/c26-19-12-20(27)18(11-17(19)21-8-7-15(28)14-31-21)24(35)32-23-13-22(25(36)30-10-4-9-29)33-34(23)16-5-2-1-3-6-16/h1-3,5-8,11-14H,4,9-10,29H2,(H,30,36)(H,32,35). The third-order valence-electron chi connectivity index (χ3n) is 5.16. The van der Waals surface area contributed by atoms with Crippen LogP contribution in [0.4, 0.5) is 10.2 Å². The zero-order valence-electron chi connectivity index (χ0n) is 18.8. The van der Waals surface area contributed by atoms with Gasteiger partial charge in [0.1, 0.15) is 11.6 Å². The summed E-state index contributed by atoms with van der Waals surface area (Å²) in [6, 6.07) is 16.1. The molecule has 0 radical (unpaired) electrons. The van der Waals surface area contributed by atoms with Gasteiger partial charge in [0.2, 0.25) is 0 Å². The monoisotopic (exact) mass is 526 g/mol. The number of anilines is 1. The van der Waals surface area contributed by atoms with Gasteiger partial charge in [-0.1, -0.05) is 41.4 Å². The molecule has 2 aromatic carbocycles. The number of para-hydroxylation sites is 1. The lowest BCUT2D eigenvalue weighted by molar-refractivity contribution is 0.0947. The average molecular weight is 527 g/mol. The van der Waals surface area contributed by atoms with E-state index >= 15 is 0 Å². The van der Waals surface area contributed by atoms with Crippen molar-refractivity contribution in [1.29, 1.82) is 0 Å². The summed E-state index contributed by atoms with van der Waals surface area (Å²) in [7, 11) is 0. The molecule has 11 heteroatoms. The molecule has 184 valence electrons. The van der Waals surface area contributed by atoms with E-state index in [-0.39, 0.29) is 27.1 Å². The molecule has 0 aliphatic carbocycles. The van der Waals surface area contributed by atoms with Crippen molar-refractivity contribution in [3.63, 3.8) is 0 Å². The number of benzene rings is 2. The van der Waals surface area contributed by atoms with Crippen LogP contribution in [0.5, 0.6) is 0 Å². The number of carbonyl (C=O) groups excluding carboxylic acids is 2. The number of nitrogens with zero attached hydrogens (tertiary/aromatic N) is 3. The van der Waals surface area contributed by atoms with Gasteiger partial charge in [-0.3, -0.25) is 14.6 Å². The van der Waals surface area contributed by atoms with Crippen molar-refractivity contribution in [3.8, 4) is 16.9 Å². The third-order valence-corrected chi connectivity index (χ3v) is 5.78. The molecule has 36 heavy (non-hydrogen) atoms. The predicted octanol–water partition coefficient (Wildman–Crippen LogP) is 4.71. The number of rotatable bonds is 8. The van der Waals surface area contributed by atoms with Crippen molar-refractivity contribution in [2.45, 2.75) is 6.42 Å². The minimum atomic E-state index is -0.563. The fourth-order valence-corrected chi connectivity index (χ4v) is 3.95. The number of hydrogen-bond acceptors (Lipinski definition) is 5. The van der Waals surface area contributed by atoms with E-state index in [2.05, 4.69) is 20.7 Å². The quantitative estimate of drug-likeness (QED) is 0.287. The molecule has 8 nitrogen and oxygen atoms in total. The number of pyridine rings is 1. The second-order valence-corrected chi connectivity index (χ2v) is 8.50. The molecule has 0 bridgehead atoms. The maximum atomic E-state index is 13.3. The maximum Gasteiger partial charge on any atom is 0.271 e. The highest BCUT2D eigenvalue weighted by Crippen LogP contribution is 2.32. The molecule has 0 fully saturated rings. The summed E-state index contributed by atoms with van der Waals surface area (Å²) in [5.41, 5.74) is 7.12. The van der Waals surface area contributed by atoms with Gasteiger partial charge in [0.05, 0.1) is 33.2 Å². The molecule has 0 spiro atoms. The molecule has 0 atom stereocenters. The lowest BCUT2D eigenvalue weighted by Crippen LogP contribution is -2.26. The molecule has 0 aliphatic rings. The Balaban J connectivity index is 1.68. The Kier molecular flexibility index (Phi) is 7.94. The van der Waals surface area contributed by atoms with E-state index in [4.69, 9.17) is 28.9 Å². The molecule has 0 saturated heterocycles. The Morgan fingerprint density at radius 1 is 1.00 bits per heavy atom. The van der Waals surface area contributed by atoms with Gasteiger partial charge in [-0.05, 0) is 49.4 Å². The average Bonchev–Trinajstić information content (AvgIpc) is 3.29. The van der Waals surface area contributed by atoms with Crippen molar-refractivity contribution in [2.24, 2.45) is 5.73 Å².